The fraction of sp³-hybridized carbons (Fsp3) is 0.435. The van der Waals surface area contributed by atoms with Crippen molar-refractivity contribution in [1.82, 2.24) is 9.13 Å². The third-order valence-electron chi connectivity index (χ3n) is 6.00. The Morgan fingerprint density at radius 1 is 1.10 bits per heavy atom. The average molecular weight is 409 g/mol. The van der Waals surface area contributed by atoms with Crippen molar-refractivity contribution in [1.29, 1.82) is 0 Å². The molecule has 2 aliphatic rings. The number of anilines is 1. The molecule has 1 aliphatic carbocycles. The molecule has 0 amide bonds. The summed E-state index contributed by atoms with van der Waals surface area (Å²) in [4.78, 5) is 39.2. The first kappa shape index (κ1) is 20.2. The van der Waals surface area contributed by atoms with Crippen LogP contribution >= 0.6 is 0 Å². The lowest BCUT2D eigenvalue weighted by Gasteiger charge is -2.39. The fourth-order valence-electron chi connectivity index (χ4n) is 4.67. The van der Waals surface area contributed by atoms with Gasteiger partial charge in [0.15, 0.2) is 5.78 Å². The van der Waals surface area contributed by atoms with Crippen molar-refractivity contribution in [3.63, 3.8) is 0 Å². The van der Waals surface area contributed by atoms with E-state index < -0.39 is 17.2 Å². The highest BCUT2D eigenvalue weighted by atomic mass is 16.5. The number of rotatable bonds is 3. The number of aromatic nitrogens is 2. The highest BCUT2D eigenvalue weighted by molar-refractivity contribution is 6.01. The Bertz CT molecular complexity index is 1200. The van der Waals surface area contributed by atoms with Crippen LogP contribution in [0.2, 0.25) is 0 Å². The van der Waals surface area contributed by atoms with Crippen LogP contribution in [0.25, 0.3) is 0 Å². The lowest BCUT2D eigenvalue weighted by molar-refractivity contribution is -0.118. The lowest BCUT2D eigenvalue weighted by atomic mass is 9.69. The molecule has 0 saturated heterocycles. The number of carbonyl (C=O) groups is 1. The third-order valence-corrected chi connectivity index (χ3v) is 6.00. The molecule has 1 aromatic carbocycles. The minimum atomic E-state index is -0.590. The van der Waals surface area contributed by atoms with Gasteiger partial charge in [-0.3, -0.25) is 18.7 Å². The van der Waals surface area contributed by atoms with Gasteiger partial charge in [0, 0.05) is 37.3 Å². The van der Waals surface area contributed by atoms with Gasteiger partial charge in [-0.1, -0.05) is 32.0 Å². The molecular weight excluding hydrogens is 382 g/mol. The number of ketones is 1. The van der Waals surface area contributed by atoms with Gasteiger partial charge in [0.25, 0.3) is 5.56 Å². The number of carbonyl (C=O) groups excluding carboxylic acids is 1. The first-order valence-electron chi connectivity index (χ1n) is 10.2. The van der Waals surface area contributed by atoms with Gasteiger partial charge in [0.05, 0.1) is 18.1 Å². The molecule has 30 heavy (non-hydrogen) atoms. The molecule has 2 aromatic rings. The highest BCUT2D eigenvalue weighted by Crippen LogP contribution is 2.49. The monoisotopic (exact) mass is 409 g/mol. The van der Waals surface area contributed by atoms with E-state index in [0.717, 1.165) is 15.8 Å². The summed E-state index contributed by atoms with van der Waals surface area (Å²) in [5.41, 5.74) is 1.53. The second-order valence-electron chi connectivity index (χ2n) is 8.83. The van der Waals surface area contributed by atoms with Gasteiger partial charge < -0.3 is 10.1 Å². The molecule has 7 heteroatoms. The first-order chi connectivity index (χ1) is 14.2. The SMILES string of the molecule is CCOc1ccccc1C1C2=C(CC(C)(C)CC2=O)Nc2c1c(=O)n(C)c(=O)n2C. The zero-order chi connectivity index (χ0) is 21.8. The molecule has 1 atom stereocenters. The predicted molar refractivity (Wildman–Crippen MR) is 115 cm³/mol. The number of benzene rings is 1. The molecule has 2 heterocycles. The van der Waals surface area contributed by atoms with Crippen LogP contribution in [0.4, 0.5) is 5.82 Å². The number of Topliss-reactive ketones (excluding diaryl/α,β-unsaturated/α-hetero) is 1. The van der Waals surface area contributed by atoms with Crippen molar-refractivity contribution in [2.75, 3.05) is 11.9 Å². The maximum Gasteiger partial charge on any atom is 0.332 e. The Morgan fingerprint density at radius 2 is 1.80 bits per heavy atom. The summed E-state index contributed by atoms with van der Waals surface area (Å²) in [7, 11) is 3.10. The van der Waals surface area contributed by atoms with E-state index in [1.54, 1.807) is 7.05 Å². The summed E-state index contributed by atoms with van der Waals surface area (Å²) in [5.74, 6) is 0.515. The summed E-state index contributed by atoms with van der Waals surface area (Å²) in [6, 6.07) is 7.50. The van der Waals surface area contributed by atoms with Crippen molar-refractivity contribution in [3.8, 4) is 5.75 Å². The van der Waals surface area contributed by atoms with Crippen molar-refractivity contribution in [3.05, 3.63) is 67.5 Å². The average Bonchev–Trinajstić information content (AvgIpc) is 2.69. The fourth-order valence-corrected chi connectivity index (χ4v) is 4.67. The predicted octanol–water partition coefficient (Wildman–Crippen LogP) is 2.68. The number of nitrogens with zero attached hydrogens (tertiary/aromatic N) is 2. The second-order valence-corrected chi connectivity index (χ2v) is 8.83. The number of allylic oxidation sites excluding steroid dienone is 2. The zero-order valence-electron chi connectivity index (χ0n) is 18.0. The largest absolute Gasteiger partial charge is 0.494 e. The van der Waals surface area contributed by atoms with Gasteiger partial charge in [-0.2, -0.15) is 0 Å². The third kappa shape index (κ3) is 3.00. The van der Waals surface area contributed by atoms with Gasteiger partial charge >= 0.3 is 5.69 Å². The minimum Gasteiger partial charge on any atom is -0.494 e. The highest BCUT2D eigenvalue weighted by Gasteiger charge is 2.43. The number of hydrogen-bond donors (Lipinski definition) is 1. The maximum atomic E-state index is 13.3. The Hall–Kier alpha value is -3.09. The molecule has 0 bridgehead atoms. The van der Waals surface area contributed by atoms with Gasteiger partial charge in [0.2, 0.25) is 0 Å². The Morgan fingerprint density at radius 3 is 2.50 bits per heavy atom. The first-order valence-corrected chi connectivity index (χ1v) is 10.2. The van der Waals surface area contributed by atoms with Crippen LogP contribution in [0, 0.1) is 5.41 Å². The molecule has 1 aliphatic heterocycles. The normalized spacial score (nSPS) is 19.8. The van der Waals surface area contributed by atoms with Crippen LogP contribution in [0.3, 0.4) is 0 Å². The molecular formula is C23H27N3O4. The van der Waals surface area contributed by atoms with E-state index in [9.17, 15) is 14.4 Å². The van der Waals surface area contributed by atoms with E-state index in [0.29, 0.717) is 42.2 Å². The summed E-state index contributed by atoms with van der Waals surface area (Å²) in [5, 5.41) is 3.28. The quantitative estimate of drug-likeness (QED) is 0.843. The van der Waals surface area contributed by atoms with Gasteiger partial charge in [-0.15, -0.1) is 0 Å². The van der Waals surface area contributed by atoms with Crippen LogP contribution < -0.4 is 21.3 Å². The molecule has 0 spiro atoms. The summed E-state index contributed by atoms with van der Waals surface area (Å²) < 4.78 is 8.40. The summed E-state index contributed by atoms with van der Waals surface area (Å²) in [6.45, 7) is 6.47. The number of fused-ring (bicyclic) bond motifs is 1. The van der Waals surface area contributed by atoms with Crippen LogP contribution in [-0.4, -0.2) is 21.5 Å². The molecule has 0 radical (unpaired) electrons. The molecule has 158 valence electrons. The zero-order valence-corrected chi connectivity index (χ0v) is 18.0. The Kier molecular flexibility index (Phi) is 4.71. The van der Waals surface area contributed by atoms with E-state index >= 15 is 0 Å². The van der Waals surface area contributed by atoms with Crippen LogP contribution in [0.15, 0.2) is 45.1 Å². The minimum absolute atomic E-state index is 0.0200. The summed E-state index contributed by atoms with van der Waals surface area (Å²) in [6.07, 6.45) is 1.06. The maximum absolute atomic E-state index is 13.3. The van der Waals surface area contributed by atoms with Gasteiger partial charge in [-0.25, -0.2) is 4.79 Å². The second kappa shape index (κ2) is 7.00. The molecule has 1 N–H and O–H groups in total. The Balaban J connectivity index is 2.09. The number of para-hydroxylation sites is 1. The topological polar surface area (TPSA) is 82.3 Å². The molecule has 1 aromatic heterocycles. The van der Waals surface area contributed by atoms with Crippen molar-refractivity contribution >= 4 is 11.6 Å². The Labute approximate surface area is 175 Å². The smallest absolute Gasteiger partial charge is 0.332 e. The van der Waals surface area contributed by atoms with E-state index in [-0.39, 0.29) is 11.2 Å². The van der Waals surface area contributed by atoms with Crippen molar-refractivity contribution in [2.45, 2.75) is 39.5 Å². The van der Waals surface area contributed by atoms with Crippen molar-refractivity contribution in [2.24, 2.45) is 19.5 Å². The summed E-state index contributed by atoms with van der Waals surface area (Å²) >= 11 is 0. The molecule has 0 fully saturated rings. The van der Waals surface area contributed by atoms with Crippen LogP contribution in [0.1, 0.15) is 50.7 Å². The van der Waals surface area contributed by atoms with Gasteiger partial charge in [-0.05, 0) is 24.8 Å². The molecule has 7 nitrogen and oxygen atoms in total. The lowest BCUT2D eigenvalue weighted by Crippen LogP contribution is -2.45. The molecule has 1 unspecified atom stereocenters. The number of nitrogens with one attached hydrogen (secondary N) is 1. The van der Waals surface area contributed by atoms with E-state index in [4.69, 9.17) is 4.74 Å². The molecule has 4 rings (SSSR count). The number of hydrogen-bond acceptors (Lipinski definition) is 5. The van der Waals surface area contributed by atoms with E-state index in [1.165, 1.54) is 11.6 Å². The van der Waals surface area contributed by atoms with Crippen LogP contribution in [-0.2, 0) is 18.9 Å². The number of ether oxygens (including phenoxy) is 1. The van der Waals surface area contributed by atoms with Crippen molar-refractivity contribution < 1.29 is 9.53 Å². The van der Waals surface area contributed by atoms with E-state index in [1.807, 2.05) is 31.2 Å². The standard InChI is InChI=1S/C23H27N3O4/c1-6-30-16-10-8-7-9-13(16)17-18-14(11-23(2,3)12-15(18)27)24-20-19(17)21(28)26(5)22(29)25(20)4/h7-10,17,24H,6,11-12H2,1-5H3. The van der Waals surface area contributed by atoms with E-state index in [2.05, 4.69) is 19.2 Å². The molecule has 0 saturated carbocycles. The van der Waals surface area contributed by atoms with Gasteiger partial charge in [0.1, 0.15) is 11.6 Å². The van der Waals surface area contributed by atoms with Crippen LogP contribution in [0.5, 0.6) is 5.75 Å².